The molecule has 0 atom stereocenters. The minimum Gasteiger partial charge on any atom is -0.338 e. The van der Waals surface area contributed by atoms with E-state index in [1.807, 2.05) is 0 Å². The van der Waals surface area contributed by atoms with Crippen LogP contribution in [-0.4, -0.2) is 16.2 Å². The lowest BCUT2D eigenvalue weighted by Crippen LogP contribution is -2.25. The van der Waals surface area contributed by atoms with Crippen LogP contribution in [0.4, 0.5) is 0 Å². The maximum absolute atomic E-state index is 5.35. The fraction of sp³-hybridized carbons (Fsp3) is 0.556. The molecule has 0 unspecified atom stereocenters. The molecule has 0 aliphatic heterocycles. The molecule has 1 N–H and O–H groups in total. The van der Waals surface area contributed by atoms with E-state index in [2.05, 4.69) is 60.5 Å². The highest BCUT2D eigenvalue weighted by atomic mass is 16.5. The van der Waals surface area contributed by atoms with Crippen LogP contribution in [0.15, 0.2) is 28.8 Å². The maximum atomic E-state index is 5.35. The SMILES string of the molecule is CC(C)(C)c1ccc(-c2noc(CNC3CCCC3)n2)cc1. The van der Waals surface area contributed by atoms with E-state index in [0.29, 0.717) is 24.3 Å². The number of benzene rings is 1. The zero-order valence-electron chi connectivity index (χ0n) is 13.7. The summed E-state index contributed by atoms with van der Waals surface area (Å²) >= 11 is 0. The summed E-state index contributed by atoms with van der Waals surface area (Å²) in [6.07, 6.45) is 5.17. The van der Waals surface area contributed by atoms with Crippen LogP contribution in [0.2, 0.25) is 0 Å². The van der Waals surface area contributed by atoms with Gasteiger partial charge in [-0.1, -0.05) is 63.0 Å². The number of nitrogens with one attached hydrogen (secondary N) is 1. The van der Waals surface area contributed by atoms with E-state index in [4.69, 9.17) is 4.52 Å². The van der Waals surface area contributed by atoms with Gasteiger partial charge in [0.25, 0.3) is 0 Å². The summed E-state index contributed by atoms with van der Waals surface area (Å²) in [5.41, 5.74) is 2.47. The number of rotatable bonds is 4. The Labute approximate surface area is 132 Å². The molecule has 2 aromatic rings. The van der Waals surface area contributed by atoms with Crippen molar-refractivity contribution in [3.05, 3.63) is 35.7 Å². The fourth-order valence-electron chi connectivity index (χ4n) is 2.92. The molecule has 1 aliphatic rings. The zero-order chi connectivity index (χ0) is 15.6. The highest BCUT2D eigenvalue weighted by Crippen LogP contribution is 2.25. The van der Waals surface area contributed by atoms with Gasteiger partial charge < -0.3 is 9.84 Å². The summed E-state index contributed by atoms with van der Waals surface area (Å²) < 4.78 is 5.35. The standard InChI is InChI=1S/C18H25N3O/c1-18(2,3)14-10-8-13(9-11-14)17-20-16(22-21-17)12-19-15-6-4-5-7-15/h8-11,15,19H,4-7,12H2,1-3H3. The molecule has 0 saturated heterocycles. The Hall–Kier alpha value is -1.68. The van der Waals surface area contributed by atoms with Gasteiger partial charge in [-0.15, -0.1) is 0 Å². The second-order valence-electron chi connectivity index (χ2n) is 7.20. The number of hydrogen-bond donors (Lipinski definition) is 1. The van der Waals surface area contributed by atoms with E-state index < -0.39 is 0 Å². The molecule has 1 heterocycles. The van der Waals surface area contributed by atoms with Gasteiger partial charge in [-0.25, -0.2) is 0 Å². The van der Waals surface area contributed by atoms with Crippen molar-refractivity contribution < 1.29 is 4.52 Å². The molecule has 1 aliphatic carbocycles. The molecule has 0 spiro atoms. The van der Waals surface area contributed by atoms with Crippen molar-refractivity contribution >= 4 is 0 Å². The van der Waals surface area contributed by atoms with Crippen molar-refractivity contribution in [2.24, 2.45) is 0 Å². The van der Waals surface area contributed by atoms with E-state index in [1.165, 1.54) is 31.2 Å². The molecule has 1 saturated carbocycles. The third-order valence-electron chi connectivity index (χ3n) is 4.37. The van der Waals surface area contributed by atoms with E-state index in [0.717, 1.165) is 5.56 Å². The van der Waals surface area contributed by atoms with Crippen molar-refractivity contribution in [1.29, 1.82) is 0 Å². The lowest BCUT2D eigenvalue weighted by Gasteiger charge is -2.18. The summed E-state index contributed by atoms with van der Waals surface area (Å²) in [4.78, 5) is 4.49. The fourth-order valence-corrected chi connectivity index (χ4v) is 2.92. The van der Waals surface area contributed by atoms with Gasteiger partial charge in [0.2, 0.25) is 11.7 Å². The first-order chi connectivity index (χ1) is 10.5. The second-order valence-corrected chi connectivity index (χ2v) is 7.20. The molecule has 1 fully saturated rings. The first-order valence-electron chi connectivity index (χ1n) is 8.19. The van der Waals surface area contributed by atoms with Crippen molar-refractivity contribution in [2.75, 3.05) is 0 Å². The number of hydrogen-bond acceptors (Lipinski definition) is 4. The van der Waals surface area contributed by atoms with Gasteiger partial charge in [0.1, 0.15) is 0 Å². The van der Waals surface area contributed by atoms with Crippen LogP contribution in [0.3, 0.4) is 0 Å². The van der Waals surface area contributed by atoms with Crippen LogP contribution < -0.4 is 5.32 Å². The smallest absolute Gasteiger partial charge is 0.240 e. The molecule has 1 aromatic carbocycles. The Balaban J connectivity index is 1.65. The van der Waals surface area contributed by atoms with Crippen LogP contribution in [0.1, 0.15) is 57.9 Å². The molecule has 4 nitrogen and oxygen atoms in total. The molecule has 1 aromatic heterocycles. The topological polar surface area (TPSA) is 51.0 Å². The lowest BCUT2D eigenvalue weighted by molar-refractivity contribution is 0.357. The van der Waals surface area contributed by atoms with Gasteiger partial charge in [0.05, 0.1) is 6.54 Å². The summed E-state index contributed by atoms with van der Waals surface area (Å²) in [6.45, 7) is 7.30. The van der Waals surface area contributed by atoms with Crippen LogP contribution in [-0.2, 0) is 12.0 Å². The molecule has 3 rings (SSSR count). The molecule has 118 valence electrons. The van der Waals surface area contributed by atoms with Gasteiger partial charge >= 0.3 is 0 Å². The monoisotopic (exact) mass is 299 g/mol. The molecular weight excluding hydrogens is 274 g/mol. The van der Waals surface area contributed by atoms with Gasteiger partial charge in [-0.3, -0.25) is 0 Å². The Morgan fingerprint density at radius 1 is 1.14 bits per heavy atom. The van der Waals surface area contributed by atoms with E-state index in [-0.39, 0.29) is 5.41 Å². The van der Waals surface area contributed by atoms with Crippen molar-refractivity contribution in [2.45, 2.75) is 64.5 Å². The first kappa shape index (κ1) is 15.2. The maximum Gasteiger partial charge on any atom is 0.240 e. The van der Waals surface area contributed by atoms with Gasteiger partial charge in [-0.2, -0.15) is 4.98 Å². The molecule has 22 heavy (non-hydrogen) atoms. The average molecular weight is 299 g/mol. The van der Waals surface area contributed by atoms with Crippen LogP contribution in [0.25, 0.3) is 11.4 Å². The Morgan fingerprint density at radius 3 is 2.45 bits per heavy atom. The molecule has 0 amide bonds. The van der Waals surface area contributed by atoms with Crippen molar-refractivity contribution in [3.63, 3.8) is 0 Å². The summed E-state index contributed by atoms with van der Waals surface area (Å²) in [5.74, 6) is 1.34. The highest BCUT2D eigenvalue weighted by molar-refractivity contribution is 5.55. The third kappa shape index (κ3) is 3.55. The van der Waals surface area contributed by atoms with Crippen molar-refractivity contribution in [3.8, 4) is 11.4 Å². The third-order valence-corrected chi connectivity index (χ3v) is 4.37. The Morgan fingerprint density at radius 2 is 1.82 bits per heavy atom. The predicted molar refractivity (Wildman–Crippen MR) is 87.5 cm³/mol. The zero-order valence-corrected chi connectivity index (χ0v) is 13.7. The molecule has 0 bridgehead atoms. The Bertz CT molecular complexity index is 604. The minimum atomic E-state index is 0.159. The highest BCUT2D eigenvalue weighted by Gasteiger charge is 2.17. The van der Waals surface area contributed by atoms with E-state index >= 15 is 0 Å². The average Bonchev–Trinajstić information content (AvgIpc) is 3.16. The lowest BCUT2D eigenvalue weighted by atomic mass is 9.87. The summed E-state index contributed by atoms with van der Waals surface area (Å²) in [7, 11) is 0. The number of aromatic nitrogens is 2. The number of nitrogens with zero attached hydrogens (tertiary/aromatic N) is 2. The van der Waals surface area contributed by atoms with E-state index in [9.17, 15) is 0 Å². The van der Waals surface area contributed by atoms with Crippen molar-refractivity contribution in [1.82, 2.24) is 15.5 Å². The Kier molecular flexibility index (Phi) is 4.30. The summed E-state index contributed by atoms with van der Waals surface area (Å²) in [5, 5.41) is 7.59. The van der Waals surface area contributed by atoms with Crippen LogP contribution in [0, 0.1) is 0 Å². The molecule has 4 heteroatoms. The summed E-state index contributed by atoms with van der Waals surface area (Å²) in [6, 6.07) is 9.03. The van der Waals surface area contributed by atoms with E-state index in [1.54, 1.807) is 0 Å². The van der Waals surface area contributed by atoms with Gasteiger partial charge in [0.15, 0.2) is 0 Å². The van der Waals surface area contributed by atoms with Gasteiger partial charge in [-0.05, 0) is 23.8 Å². The molecule has 0 radical (unpaired) electrons. The van der Waals surface area contributed by atoms with Gasteiger partial charge in [0, 0.05) is 11.6 Å². The molecular formula is C18H25N3O. The predicted octanol–water partition coefficient (Wildman–Crippen LogP) is 4.07. The van der Waals surface area contributed by atoms with Crippen LogP contribution >= 0.6 is 0 Å². The normalized spacial score (nSPS) is 16.3. The minimum absolute atomic E-state index is 0.159. The quantitative estimate of drug-likeness (QED) is 0.924. The largest absolute Gasteiger partial charge is 0.338 e. The second kappa shape index (κ2) is 6.21. The van der Waals surface area contributed by atoms with Crippen LogP contribution in [0.5, 0.6) is 0 Å². The first-order valence-corrected chi connectivity index (χ1v) is 8.19.